The van der Waals surface area contributed by atoms with E-state index in [1.807, 2.05) is 158 Å². The molecule has 0 radical (unpaired) electrons. The molecule has 0 heterocycles. The Morgan fingerprint density at radius 2 is 0.444 bits per heavy atom. The van der Waals surface area contributed by atoms with Crippen LogP contribution in [0.2, 0.25) is 0 Å². The summed E-state index contributed by atoms with van der Waals surface area (Å²) in [6.07, 6.45) is -0.626. The van der Waals surface area contributed by atoms with Gasteiger partial charge in [0.2, 0.25) is 0 Å². The molecule has 90 heavy (non-hydrogen) atoms. The van der Waals surface area contributed by atoms with Crippen molar-refractivity contribution in [2.75, 3.05) is 49.4 Å². The first kappa shape index (κ1) is 73.2. The van der Waals surface area contributed by atoms with Gasteiger partial charge in [0, 0.05) is 79.7 Å². The molecule has 0 aliphatic rings. The van der Waals surface area contributed by atoms with E-state index in [0.717, 1.165) is 54.2 Å². The Morgan fingerprint density at radius 3 is 0.656 bits per heavy atom. The second-order valence-electron chi connectivity index (χ2n) is 20.8. The molecular formula is C66H54Na4O16S4. The zero-order valence-electron chi connectivity index (χ0n) is 50.0. The van der Waals surface area contributed by atoms with Gasteiger partial charge in [-0.05, 0) is 115 Å². The van der Waals surface area contributed by atoms with E-state index in [1.54, 1.807) is 12.1 Å². The fourth-order valence-electron chi connectivity index (χ4n) is 11.4. The zero-order valence-corrected chi connectivity index (χ0v) is 61.2. The van der Waals surface area contributed by atoms with Crippen LogP contribution in [0.4, 0.5) is 0 Å². The molecule has 0 atom stereocenters. The fourth-order valence-corrected chi connectivity index (χ4v) is 13.3. The number of hydrogen-bond donors (Lipinski definition) is 0. The molecule has 0 aromatic heterocycles. The SMILES string of the molecule is O=S(=O)([O-])CCCOc1cc(OCCCS(=O)(=O)[O-])c(-c2c3ccccc3c(-c3cc(-c4c5ccccc5cc5ccccc45)c(OCCCS(=O)(=O)[O-])cc3OCCCS(=O)(=O)[O-])c3ccccc23)cc1-c1c2ccccc2cc2ccccc12.[Na+].[Na+].[Na+].[Na+]. The van der Waals surface area contributed by atoms with Crippen molar-refractivity contribution in [2.45, 2.75) is 25.7 Å². The minimum absolute atomic E-state index is 0. The summed E-state index contributed by atoms with van der Waals surface area (Å²) >= 11 is 0. The van der Waals surface area contributed by atoms with Crippen LogP contribution in [0.1, 0.15) is 25.7 Å². The molecule has 11 aromatic carbocycles. The molecule has 24 heteroatoms. The van der Waals surface area contributed by atoms with Crippen molar-refractivity contribution in [2.24, 2.45) is 0 Å². The van der Waals surface area contributed by atoms with Crippen LogP contribution in [0.5, 0.6) is 23.0 Å². The molecule has 0 spiro atoms. The van der Waals surface area contributed by atoms with Gasteiger partial charge in [-0.2, -0.15) is 0 Å². The van der Waals surface area contributed by atoms with Crippen molar-refractivity contribution in [1.29, 1.82) is 0 Å². The molecule has 0 N–H and O–H groups in total. The minimum atomic E-state index is -4.65. The van der Waals surface area contributed by atoms with Crippen LogP contribution in [0.15, 0.2) is 182 Å². The largest absolute Gasteiger partial charge is 1.00 e. The van der Waals surface area contributed by atoms with Crippen LogP contribution in [0.25, 0.3) is 109 Å². The van der Waals surface area contributed by atoms with E-state index in [4.69, 9.17) is 18.9 Å². The van der Waals surface area contributed by atoms with Gasteiger partial charge in [0.1, 0.15) is 23.0 Å². The van der Waals surface area contributed by atoms with Crippen molar-refractivity contribution in [3.05, 3.63) is 182 Å². The van der Waals surface area contributed by atoms with Crippen LogP contribution >= 0.6 is 0 Å². The minimum Gasteiger partial charge on any atom is -0.748 e. The molecule has 11 aromatic rings. The van der Waals surface area contributed by atoms with Crippen LogP contribution in [-0.4, -0.2) is 101 Å². The van der Waals surface area contributed by atoms with Gasteiger partial charge in [0.05, 0.1) is 66.9 Å². The summed E-state index contributed by atoms with van der Waals surface area (Å²) in [6, 6.07) is 57.9. The Kier molecular flexibility index (Phi) is 25.5. The Labute approximate surface area is 611 Å². The first-order chi connectivity index (χ1) is 41.2. The molecule has 0 saturated heterocycles. The normalized spacial score (nSPS) is 11.9. The third-order valence-electron chi connectivity index (χ3n) is 14.9. The summed E-state index contributed by atoms with van der Waals surface area (Å²) < 4.78 is 169. The van der Waals surface area contributed by atoms with Crippen LogP contribution in [0.3, 0.4) is 0 Å². The molecular weight excluding hydrogens is 1270 g/mol. The van der Waals surface area contributed by atoms with Crippen LogP contribution in [-0.2, 0) is 40.5 Å². The van der Waals surface area contributed by atoms with E-state index >= 15 is 0 Å². The van der Waals surface area contributed by atoms with Crippen LogP contribution in [0, 0.1) is 0 Å². The number of ether oxygens (including phenoxy) is 4. The van der Waals surface area contributed by atoms with Crippen molar-refractivity contribution < 1.29 is 189 Å². The number of fused-ring (bicyclic) bond motifs is 6. The summed E-state index contributed by atoms with van der Waals surface area (Å²) in [5, 5.41) is 9.72. The average Bonchev–Trinajstić information content (AvgIpc) is 0.744. The van der Waals surface area contributed by atoms with E-state index < -0.39 is 63.5 Å². The molecule has 0 unspecified atom stereocenters. The maximum absolute atomic E-state index is 11.9. The smallest absolute Gasteiger partial charge is 0.748 e. The summed E-state index contributed by atoms with van der Waals surface area (Å²) in [4.78, 5) is 0. The van der Waals surface area contributed by atoms with E-state index in [0.29, 0.717) is 54.9 Å². The van der Waals surface area contributed by atoms with Gasteiger partial charge in [0.25, 0.3) is 0 Å². The number of benzene rings is 11. The van der Waals surface area contributed by atoms with Crippen LogP contribution < -0.4 is 137 Å². The van der Waals surface area contributed by atoms with Crippen molar-refractivity contribution in [1.82, 2.24) is 0 Å². The summed E-state index contributed by atoms with van der Waals surface area (Å²) in [5.74, 6) is -1.86. The molecule has 0 amide bonds. The van der Waals surface area contributed by atoms with Crippen molar-refractivity contribution in [3.63, 3.8) is 0 Å². The molecule has 11 rings (SSSR count). The molecule has 16 nitrogen and oxygen atoms in total. The Hall–Kier alpha value is -4.18. The van der Waals surface area contributed by atoms with Gasteiger partial charge in [0.15, 0.2) is 0 Å². The zero-order chi connectivity index (χ0) is 60.4. The summed E-state index contributed by atoms with van der Waals surface area (Å²) in [6.45, 7) is -0.837. The van der Waals surface area contributed by atoms with E-state index in [1.165, 1.54) is 0 Å². The van der Waals surface area contributed by atoms with Gasteiger partial charge in [-0.1, -0.05) is 146 Å². The van der Waals surface area contributed by atoms with E-state index in [-0.39, 0.29) is 193 Å². The standard InChI is InChI=1S/C66H58O16S4.4Na/c67-83(68,69)33-13-29-79-59-41-61(81-31-15-35-85(73,74)75)57(39-55(59)63-47-21-5-1-17-43(47)37-44-18-2-6-22-48(44)63)65-51-25-9-11-27-53(51)66(54-28-12-10-26-52(54)65)58-40-56(64-49-23-7-3-19-45(49)38-46-20-4-8-24-50(46)64)60(80-30-14-34-84(70,71)72)42-62(58)82-32-16-36-86(76,77)78;;;;/h1-12,17-28,37-42H,13-16,29-36H2,(H,67,68,69)(H,70,71,72)(H,73,74,75)(H,76,77,78);;;;/q;4*+1/p-4. The monoisotopic (exact) mass is 1320 g/mol. The fraction of sp³-hybridized carbons (Fsp3) is 0.182. The first-order valence-corrected chi connectivity index (χ1v) is 33.9. The summed E-state index contributed by atoms with van der Waals surface area (Å²) in [7, 11) is -18.5. The van der Waals surface area contributed by atoms with Gasteiger partial charge in [-0.3, -0.25) is 0 Å². The quantitative estimate of drug-likeness (QED) is 0.0346. The Morgan fingerprint density at radius 1 is 0.256 bits per heavy atom. The van der Waals surface area contributed by atoms with E-state index in [9.17, 15) is 51.9 Å². The Bertz CT molecular complexity index is 4460. The van der Waals surface area contributed by atoms with Gasteiger partial charge in [-0.25, -0.2) is 33.7 Å². The van der Waals surface area contributed by atoms with E-state index in [2.05, 4.69) is 12.1 Å². The third-order valence-corrected chi connectivity index (χ3v) is 18.1. The average molecular weight is 1320 g/mol. The second-order valence-corrected chi connectivity index (χ2v) is 26.9. The predicted molar refractivity (Wildman–Crippen MR) is 332 cm³/mol. The molecule has 0 saturated carbocycles. The van der Waals surface area contributed by atoms with Crippen molar-refractivity contribution in [3.8, 4) is 67.5 Å². The van der Waals surface area contributed by atoms with Crippen molar-refractivity contribution >= 4 is 105 Å². The molecule has 0 aliphatic heterocycles. The molecule has 0 bridgehead atoms. The Balaban J connectivity index is 0.00000288. The molecule has 0 fully saturated rings. The number of hydrogen-bond acceptors (Lipinski definition) is 16. The van der Waals surface area contributed by atoms with Gasteiger partial charge in [-0.15, -0.1) is 0 Å². The summed E-state index contributed by atoms with van der Waals surface area (Å²) in [5.41, 5.74) is 4.98. The van der Waals surface area contributed by atoms with Gasteiger partial charge >= 0.3 is 118 Å². The third kappa shape index (κ3) is 17.4. The predicted octanol–water partition coefficient (Wildman–Crippen LogP) is 0.546. The number of rotatable bonds is 24. The molecule has 442 valence electrons. The second kappa shape index (κ2) is 31.4. The first-order valence-electron chi connectivity index (χ1n) is 27.6. The molecule has 0 aliphatic carbocycles. The maximum Gasteiger partial charge on any atom is 1.00 e. The maximum atomic E-state index is 11.9. The van der Waals surface area contributed by atoms with Gasteiger partial charge < -0.3 is 37.2 Å². The topological polar surface area (TPSA) is 266 Å².